The summed E-state index contributed by atoms with van der Waals surface area (Å²) in [6.45, 7) is 2.10. The largest absolute Gasteiger partial charge is 0.329 e. The Kier molecular flexibility index (Phi) is 4.23. The van der Waals surface area contributed by atoms with Crippen molar-refractivity contribution in [2.24, 2.45) is 5.73 Å². The van der Waals surface area contributed by atoms with Gasteiger partial charge in [0.05, 0.1) is 11.6 Å². The van der Waals surface area contributed by atoms with E-state index in [1.165, 1.54) is 0 Å². The van der Waals surface area contributed by atoms with Gasteiger partial charge in [0, 0.05) is 25.2 Å². The summed E-state index contributed by atoms with van der Waals surface area (Å²) in [7, 11) is 1.99. The quantitative estimate of drug-likeness (QED) is 0.822. The highest BCUT2D eigenvalue weighted by atomic mass is 15.3. The molecular weight excluding hydrogens is 240 g/mol. The number of hydrogen-bond acceptors (Lipinski definition) is 5. The Labute approximate surface area is 111 Å². The van der Waals surface area contributed by atoms with Crippen LogP contribution in [0.1, 0.15) is 11.3 Å². The number of nitrogens with zero attached hydrogens (tertiary/aromatic N) is 4. The molecule has 1 aromatic heterocycles. The standard InChI is InChI=1S/C13H16N6/c1-19(7-6-14)9-12-13(17-18-16-12)11-4-2-10(8-15)3-5-11/h2-5H,6-7,9,14H2,1H3,(H,16,17,18). The lowest BCUT2D eigenvalue weighted by Gasteiger charge is -2.13. The minimum absolute atomic E-state index is 0.612. The summed E-state index contributed by atoms with van der Waals surface area (Å²) < 4.78 is 0. The van der Waals surface area contributed by atoms with Gasteiger partial charge >= 0.3 is 0 Å². The monoisotopic (exact) mass is 256 g/mol. The summed E-state index contributed by atoms with van der Waals surface area (Å²) in [4.78, 5) is 2.09. The van der Waals surface area contributed by atoms with Gasteiger partial charge in [-0.3, -0.25) is 4.90 Å². The van der Waals surface area contributed by atoms with Gasteiger partial charge in [-0.15, -0.1) is 0 Å². The number of benzene rings is 1. The van der Waals surface area contributed by atoms with Crippen LogP contribution in [0.15, 0.2) is 24.3 Å². The van der Waals surface area contributed by atoms with Crippen molar-refractivity contribution in [3.8, 4) is 17.3 Å². The fourth-order valence-corrected chi connectivity index (χ4v) is 1.85. The zero-order valence-electron chi connectivity index (χ0n) is 10.8. The van der Waals surface area contributed by atoms with Crippen LogP contribution in [0.5, 0.6) is 0 Å². The van der Waals surface area contributed by atoms with Crippen molar-refractivity contribution in [2.45, 2.75) is 6.54 Å². The van der Waals surface area contributed by atoms with Crippen LogP contribution in [0, 0.1) is 11.3 Å². The molecular formula is C13H16N6. The van der Waals surface area contributed by atoms with Gasteiger partial charge in [-0.2, -0.15) is 20.7 Å². The Balaban J connectivity index is 2.21. The van der Waals surface area contributed by atoms with Crippen LogP contribution in [0.4, 0.5) is 0 Å². The maximum atomic E-state index is 8.79. The molecule has 1 heterocycles. The van der Waals surface area contributed by atoms with Crippen LogP contribution in [-0.4, -0.2) is 40.4 Å². The SMILES string of the molecule is CN(CCN)Cc1n[nH]nc1-c1ccc(C#N)cc1. The van der Waals surface area contributed by atoms with Gasteiger partial charge in [-0.05, 0) is 19.2 Å². The number of likely N-dealkylation sites (N-methyl/N-ethyl adjacent to an activating group) is 1. The van der Waals surface area contributed by atoms with Crippen LogP contribution in [0.2, 0.25) is 0 Å². The predicted octanol–water partition coefficient (Wildman–Crippen LogP) is 0.734. The van der Waals surface area contributed by atoms with Gasteiger partial charge in [0.1, 0.15) is 11.4 Å². The van der Waals surface area contributed by atoms with E-state index in [0.29, 0.717) is 18.7 Å². The van der Waals surface area contributed by atoms with Gasteiger partial charge in [0.2, 0.25) is 0 Å². The van der Waals surface area contributed by atoms with Gasteiger partial charge in [-0.25, -0.2) is 0 Å². The zero-order valence-corrected chi connectivity index (χ0v) is 10.8. The lowest BCUT2D eigenvalue weighted by molar-refractivity contribution is 0.332. The van der Waals surface area contributed by atoms with Crippen molar-refractivity contribution >= 4 is 0 Å². The molecule has 3 N–H and O–H groups in total. The Morgan fingerprint density at radius 2 is 2.05 bits per heavy atom. The molecule has 0 aliphatic carbocycles. The van der Waals surface area contributed by atoms with E-state index in [1.807, 2.05) is 19.2 Å². The summed E-state index contributed by atoms with van der Waals surface area (Å²) in [5.41, 5.74) is 8.79. The van der Waals surface area contributed by atoms with Crippen LogP contribution in [0.25, 0.3) is 11.3 Å². The van der Waals surface area contributed by atoms with E-state index in [-0.39, 0.29) is 0 Å². The van der Waals surface area contributed by atoms with Crippen LogP contribution < -0.4 is 5.73 Å². The molecule has 0 bridgehead atoms. The van der Waals surface area contributed by atoms with Crippen molar-refractivity contribution < 1.29 is 0 Å². The third-order valence-electron chi connectivity index (χ3n) is 2.84. The van der Waals surface area contributed by atoms with E-state index in [9.17, 15) is 0 Å². The fourth-order valence-electron chi connectivity index (χ4n) is 1.85. The van der Waals surface area contributed by atoms with Gasteiger partial charge in [0.15, 0.2) is 0 Å². The minimum Gasteiger partial charge on any atom is -0.329 e. The molecule has 2 aromatic rings. The van der Waals surface area contributed by atoms with Crippen LogP contribution >= 0.6 is 0 Å². The number of nitrogens with two attached hydrogens (primary N) is 1. The maximum absolute atomic E-state index is 8.79. The predicted molar refractivity (Wildman–Crippen MR) is 71.9 cm³/mol. The molecule has 2 rings (SSSR count). The average molecular weight is 256 g/mol. The number of aromatic amines is 1. The first-order valence-electron chi connectivity index (χ1n) is 6.03. The van der Waals surface area contributed by atoms with Crippen LogP contribution in [0.3, 0.4) is 0 Å². The number of nitrogens with one attached hydrogen (secondary N) is 1. The lowest BCUT2D eigenvalue weighted by Crippen LogP contribution is -2.25. The second kappa shape index (κ2) is 6.09. The minimum atomic E-state index is 0.612. The summed E-state index contributed by atoms with van der Waals surface area (Å²) in [6.07, 6.45) is 0. The molecule has 0 aliphatic rings. The van der Waals surface area contributed by atoms with Gasteiger partial charge in [0.25, 0.3) is 0 Å². The summed E-state index contributed by atoms with van der Waals surface area (Å²) in [5, 5.41) is 19.8. The molecule has 6 nitrogen and oxygen atoms in total. The number of rotatable bonds is 5. The Morgan fingerprint density at radius 1 is 1.32 bits per heavy atom. The molecule has 0 saturated carbocycles. The highest BCUT2D eigenvalue weighted by molar-refractivity contribution is 5.62. The second-order valence-corrected chi connectivity index (χ2v) is 4.33. The van der Waals surface area contributed by atoms with Gasteiger partial charge in [-0.1, -0.05) is 12.1 Å². The molecule has 0 radical (unpaired) electrons. The van der Waals surface area contributed by atoms with Gasteiger partial charge < -0.3 is 5.73 Å². The number of H-pyrrole nitrogens is 1. The zero-order chi connectivity index (χ0) is 13.7. The first-order valence-corrected chi connectivity index (χ1v) is 6.03. The molecule has 0 fully saturated rings. The number of hydrogen-bond donors (Lipinski definition) is 2. The molecule has 1 aromatic carbocycles. The molecule has 0 spiro atoms. The first kappa shape index (κ1) is 13.2. The van der Waals surface area contributed by atoms with Crippen molar-refractivity contribution in [1.82, 2.24) is 20.3 Å². The average Bonchev–Trinajstić information content (AvgIpc) is 2.87. The number of aromatic nitrogens is 3. The van der Waals surface area contributed by atoms with Crippen molar-refractivity contribution in [3.05, 3.63) is 35.5 Å². The highest BCUT2D eigenvalue weighted by Gasteiger charge is 2.12. The van der Waals surface area contributed by atoms with E-state index in [2.05, 4.69) is 26.4 Å². The van der Waals surface area contributed by atoms with Crippen molar-refractivity contribution in [2.75, 3.05) is 20.1 Å². The Morgan fingerprint density at radius 3 is 2.68 bits per heavy atom. The normalized spacial score (nSPS) is 10.6. The van der Waals surface area contributed by atoms with E-state index in [1.54, 1.807) is 12.1 Å². The molecule has 98 valence electrons. The maximum Gasteiger partial charge on any atom is 0.117 e. The van der Waals surface area contributed by atoms with Crippen LogP contribution in [-0.2, 0) is 6.54 Å². The number of nitriles is 1. The van der Waals surface area contributed by atoms with E-state index in [4.69, 9.17) is 11.0 Å². The summed E-state index contributed by atoms with van der Waals surface area (Å²) in [6, 6.07) is 9.40. The Bertz CT molecular complexity index is 566. The molecule has 6 heteroatoms. The third kappa shape index (κ3) is 3.16. The molecule has 0 atom stereocenters. The molecule has 0 aliphatic heterocycles. The van der Waals surface area contributed by atoms with E-state index < -0.39 is 0 Å². The second-order valence-electron chi connectivity index (χ2n) is 4.33. The molecule has 0 unspecified atom stereocenters. The summed E-state index contributed by atoms with van der Waals surface area (Å²) >= 11 is 0. The topological polar surface area (TPSA) is 94.6 Å². The van der Waals surface area contributed by atoms with E-state index >= 15 is 0 Å². The first-order chi connectivity index (χ1) is 9.24. The smallest absolute Gasteiger partial charge is 0.117 e. The fraction of sp³-hybridized carbons (Fsp3) is 0.308. The van der Waals surface area contributed by atoms with Crippen molar-refractivity contribution in [3.63, 3.8) is 0 Å². The molecule has 0 amide bonds. The Hall–Kier alpha value is -2.23. The highest BCUT2D eigenvalue weighted by Crippen LogP contribution is 2.20. The van der Waals surface area contributed by atoms with Crippen molar-refractivity contribution in [1.29, 1.82) is 5.26 Å². The molecule has 0 saturated heterocycles. The lowest BCUT2D eigenvalue weighted by atomic mass is 10.1. The van der Waals surface area contributed by atoms with E-state index in [0.717, 1.165) is 23.5 Å². The summed E-state index contributed by atoms with van der Waals surface area (Å²) in [5.74, 6) is 0. The third-order valence-corrected chi connectivity index (χ3v) is 2.84. The molecule has 19 heavy (non-hydrogen) atoms.